The van der Waals surface area contributed by atoms with Gasteiger partial charge in [0.25, 0.3) is 0 Å². The van der Waals surface area contributed by atoms with Gasteiger partial charge in [0.15, 0.2) is 0 Å². The van der Waals surface area contributed by atoms with E-state index in [0.717, 1.165) is 24.9 Å². The largest absolute Gasteiger partial charge is 0.340 e. The van der Waals surface area contributed by atoms with E-state index >= 15 is 0 Å². The Morgan fingerprint density at radius 1 is 0.794 bits per heavy atom. The summed E-state index contributed by atoms with van der Waals surface area (Å²) < 4.78 is 30.7. The Morgan fingerprint density at radius 2 is 1.41 bits per heavy atom. The number of nitrogens with zero attached hydrogens (tertiary/aromatic N) is 2. The summed E-state index contributed by atoms with van der Waals surface area (Å²) in [6.07, 6.45) is 1.68. The van der Waals surface area contributed by atoms with Crippen molar-refractivity contribution in [3.63, 3.8) is 0 Å². The number of sulfonamides is 1. The van der Waals surface area contributed by atoms with E-state index < -0.39 is 10.0 Å². The van der Waals surface area contributed by atoms with E-state index in [1.54, 1.807) is 16.4 Å². The number of benzene rings is 3. The average molecular weight is 473 g/mol. The van der Waals surface area contributed by atoms with E-state index in [2.05, 4.69) is 66.9 Å². The van der Waals surface area contributed by atoms with Gasteiger partial charge >= 0.3 is 0 Å². The van der Waals surface area contributed by atoms with Crippen LogP contribution in [-0.2, 0) is 16.6 Å². The zero-order valence-corrected chi connectivity index (χ0v) is 21.0. The van der Waals surface area contributed by atoms with Gasteiger partial charge in [-0.25, -0.2) is 8.42 Å². The molecule has 5 heteroatoms. The first-order valence-electron chi connectivity index (χ1n) is 12.1. The molecule has 2 heterocycles. The molecular weight excluding hydrogens is 440 g/mol. The van der Waals surface area contributed by atoms with Crippen LogP contribution in [0.2, 0.25) is 0 Å². The second-order valence-corrected chi connectivity index (χ2v) is 11.4. The molecule has 1 saturated heterocycles. The molecule has 0 bridgehead atoms. The predicted octanol–water partition coefficient (Wildman–Crippen LogP) is 6.18. The van der Waals surface area contributed by atoms with Crippen LogP contribution in [0.5, 0.6) is 0 Å². The quantitative estimate of drug-likeness (QED) is 0.348. The second-order valence-electron chi connectivity index (χ2n) is 9.47. The van der Waals surface area contributed by atoms with Crippen molar-refractivity contribution in [2.45, 2.75) is 51.0 Å². The number of hydrogen-bond donors (Lipinski definition) is 0. The number of hydrogen-bond acceptors (Lipinski definition) is 2. The van der Waals surface area contributed by atoms with E-state index in [9.17, 15) is 8.42 Å². The Morgan fingerprint density at radius 3 is 2.12 bits per heavy atom. The Bertz CT molecular complexity index is 1440. The van der Waals surface area contributed by atoms with Gasteiger partial charge in [-0.05, 0) is 73.9 Å². The number of fused-ring (bicyclic) bond motifs is 1. The molecule has 0 N–H and O–H groups in total. The van der Waals surface area contributed by atoms with Crippen molar-refractivity contribution >= 4 is 20.9 Å². The highest BCUT2D eigenvalue weighted by molar-refractivity contribution is 7.89. The summed E-state index contributed by atoms with van der Waals surface area (Å²) in [7, 11) is -3.46. The van der Waals surface area contributed by atoms with Crippen LogP contribution < -0.4 is 0 Å². The molecule has 0 saturated carbocycles. The van der Waals surface area contributed by atoms with Crippen LogP contribution in [0, 0.1) is 20.8 Å². The van der Waals surface area contributed by atoms with Crippen molar-refractivity contribution in [2.24, 2.45) is 0 Å². The maximum absolute atomic E-state index is 13.3. The molecule has 5 rings (SSSR count). The van der Waals surface area contributed by atoms with Gasteiger partial charge in [-0.3, -0.25) is 0 Å². The van der Waals surface area contributed by atoms with Crippen LogP contribution >= 0.6 is 0 Å². The normalized spacial score (nSPS) is 15.7. The van der Waals surface area contributed by atoms with Crippen molar-refractivity contribution in [1.82, 2.24) is 8.87 Å². The zero-order valence-electron chi connectivity index (χ0n) is 20.2. The van der Waals surface area contributed by atoms with Crippen LogP contribution in [0.1, 0.15) is 46.7 Å². The fraction of sp³-hybridized carbons (Fsp3) is 0.310. The lowest BCUT2D eigenvalue weighted by atomic mass is 9.88. The van der Waals surface area contributed by atoms with Gasteiger partial charge in [-0.1, -0.05) is 60.7 Å². The van der Waals surface area contributed by atoms with Crippen LogP contribution in [0.4, 0.5) is 0 Å². The third kappa shape index (κ3) is 3.97. The first-order valence-corrected chi connectivity index (χ1v) is 13.5. The van der Waals surface area contributed by atoms with Crippen molar-refractivity contribution in [3.05, 3.63) is 101 Å². The predicted molar refractivity (Wildman–Crippen MR) is 139 cm³/mol. The van der Waals surface area contributed by atoms with Crippen LogP contribution in [-0.4, -0.2) is 30.4 Å². The molecule has 0 unspecified atom stereocenters. The molecule has 3 aromatic carbocycles. The fourth-order valence-corrected chi connectivity index (χ4v) is 7.20. The number of rotatable bonds is 5. The van der Waals surface area contributed by atoms with Gasteiger partial charge in [0.05, 0.1) is 4.90 Å². The number of piperidine rings is 1. The Hall–Kier alpha value is -2.89. The third-order valence-corrected chi connectivity index (χ3v) is 9.50. The van der Waals surface area contributed by atoms with E-state index in [4.69, 9.17) is 0 Å². The molecule has 1 fully saturated rings. The van der Waals surface area contributed by atoms with E-state index in [1.165, 1.54) is 33.3 Å². The van der Waals surface area contributed by atoms with Crippen LogP contribution in [0.25, 0.3) is 10.9 Å². The summed E-state index contributed by atoms with van der Waals surface area (Å²) in [6.45, 7) is 8.22. The summed E-state index contributed by atoms with van der Waals surface area (Å²) in [6, 6.07) is 24.5. The number of para-hydroxylation sites is 1. The highest BCUT2D eigenvalue weighted by Crippen LogP contribution is 2.39. The Labute approximate surface area is 202 Å². The van der Waals surface area contributed by atoms with Crippen LogP contribution in [0.3, 0.4) is 0 Å². The molecule has 176 valence electrons. The molecule has 0 aliphatic carbocycles. The molecular formula is C29H32N2O2S. The minimum atomic E-state index is -3.46. The molecule has 0 spiro atoms. The van der Waals surface area contributed by atoms with Crippen molar-refractivity contribution in [1.29, 1.82) is 0 Å². The molecule has 0 amide bonds. The molecule has 1 aromatic heterocycles. The summed E-state index contributed by atoms with van der Waals surface area (Å²) in [5.74, 6) is 0.353. The molecule has 1 aliphatic rings. The first-order chi connectivity index (χ1) is 16.4. The molecule has 0 radical (unpaired) electrons. The zero-order chi connectivity index (χ0) is 23.9. The highest BCUT2D eigenvalue weighted by atomic mass is 32.2. The Kier molecular flexibility index (Phi) is 6.09. The van der Waals surface area contributed by atoms with Crippen molar-refractivity contribution in [2.75, 3.05) is 13.1 Å². The topological polar surface area (TPSA) is 42.3 Å². The smallest absolute Gasteiger partial charge is 0.243 e. The van der Waals surface area contributed by atoms with Gasteiger partial charge < -0.3 is 4.57 Å². The maximum Gasteiger partial charge on any atom is 0.243 e. The molecule has 34 heavy (non-hydrogen) atoms. The summed E-state index contributed by atoms with van der Waals surface area (Å²) >= 11 is 0. The van der Waals surface area contributed by atoms with E-state index in [0.29, 0.717) is 23.9 Å². The van der Waals surface area contributed by atoms with Crippen molar-refractivity contribution in [3.8, 4) is 0 Å². The fourth-order valence-electron chi connectivity index (χ4n) is 5.50. The lowest BCUT2D eigenvalue weighted by molar-refractivity contribution is 0.319. The van der Waals surface area contributed by atoms with E-state index in [1.807, 2.05) is 19.1 Å². The number of aromatic nitrogens is 1. The molecule has 0 atom stereocenters. The lowest BCUT2D eigenvalue weighted by Crippen LogP contribution is -2.38. The third-order valence-electron chi connectivity index (χ3n) is 7.44. The van der Waals surface area contributed by atoms with Gasteiger partial charge in [0.2, 0.25) is 10.0 Å². The van der Waals surface area contributed by atoms with Crippen LogP contribution in [0.15, 0.2) is 77.7 Å². The van der Waals surface area contributed by atoms with E-state index in [-0.39, 0.29) is 0 Å². The monoisotopic (exact) mass is 472 g/mol. The summed E-state index contributed by atoms with van der Waals surface area (Å²) in [5.41, 5.74) is 7.38. The Balaban J connectivity index is 1.45. The van der Waals surface area contributed by atoms with Gasteiger partial charge in [-0.2, -0.15) is 4.31 Å². The van der Waals surface area contributed by atoms with Crippen molar-refractivity contribution < 1.29 is 8.42 Å². The SMILES string of the molecule is Cc1ccccc1Cn1c(C)c(C2CCN(S(=O)(=O)c3ccccc3C)CC2)c2ccccc21. The standard InChI is InChI=1S/C29H32N2O2S/c1-21-10-4-6-12-25(21)20-31-23(3)29(26-13-7-8-14-27(26)31)24-16-18-30(19-17-24)34(32,33)28-15-9-5-11-22(28)2/h4-15,24H,16-20H2,1-3H3. The summed E-state index contributed by atoms with van der Waals surface area (Å²) in [5, 5.41) is 1.30. The average Bonchev–Trinajstić information content (AvgIpc) is 3.12. The molecule has 4 aromatic rings. The van der Waals surface area contributed by atoms with Gasteiger partial charge in [0, 0.05) is 36.2 Å². The van der Waals surface area contributed by atoms with Gasteiger partial charge in [0.1, 0.15) is 0 Å². The minimum Gasteiger partial charge on any atom is -0.340 e. The first kappa shape index (κ1) is 22.9. The molecule has 4 nitrogen and oxygen atoms in total. The minimum absolute atomic E-state index is 0.353. The highest BCUT2D eigenvalue weighted by Gasteiger charge is 2.32. The lowest BCUT2D eigenvalue weighted by Gasteiger charge is -2.32. The number of aryl methyl sites for hydroxylation is 2. The molecule has 1 aliphatic heterocycles. The summed E-state index contributed by atoms with van der Waals surface area (Å²) in [4.78, 5) is 0.430. The maximum atomic E-state index is 13.3. The second kappa shape index (κ2) is 9.05. The van der Waals surface area contributed by atoms with Gasteiger partial charge in [-0.15, -0.1) is 0 Å².